The third-order valence-electron chi connectivity index (χ3n) is 6.36. The van der Waals surface area contributed by atoms with Gasteiger partial charge in [0.1, 0.15) is 11.6 Å². The number of halogens is 3. The molecule has 1 atom stereocenters. The summed E-state index contributed by atoms with van der Waals surface area (Å²) >= 11 is 0. The first kappa shape index (κ1) is 23.0. The van der Waals surface area contributed by atoms with Crippen LogP contribution in [0.4, 0.5) is 18.9 Å². The van der Waals surface area contributed by atoms with Gasteiger partial charge in [0.15, 0.2) is 5.58 Å². The number of hydrogen-bond acceptors (Lipinski definition) is 4. The number of fused-ring (bicyclic) bond motifs is 1. The molecule has 8 heteroatoms. The summed E-state index contributed by atoms with van der Waals surface area (Å²) in [6.45, 7) is 0.432. The highest BCUT2D eigenvalue weighted by Gasteiger charge is 2.36. The number of oxazole rings is 1. The lowest BCUT2D eigenvalue weighted by Gasteiger charge is -2.22. The van der Waals surface area contributed by atoms with Crippen molar-refractivity contribution in [1.29, 1.82) is 0 Å². The number of hydrogen-bond donors (Lipinski definition) is 0. The summed E-state index contributed by atoms with van der Waals surface area (Å²) < 4.78 is 45.4. The van der Waals surface area contributed by atoms with Crippen LogP contribution in [0.15, 0.2) is 71.1 Å². The van der Waals surface area contributed by atoms with Gasteiger partial charge in [-0.2, -0.15) is 13.2 Å². The normalized spacial score (nSPS) is 16.1. The van der Waals surface area contributed by atoms with E-state index in [1.54, 1.807) is 4.90 Å². The Morgan fingerprint density at radius 1 is 1.03 bits per heavy atom. The molecule has 5 nitrogen and oxygen atoms in total. The highest BCUT2D eigenvalue weighted by Crippen LogP contribution is 2.36. The predicted octanol–water partition coefficient (Wildman–Crippen LogP) is 6.56. The number of rotatable bonds is 4. The van der Waals surface area contributed by atoms with Gasteiger partial charge in [0.25, 0.3) is 5.91 Å². The van der Waals surface area contributed by atoms with Gasteiger partial charge < -0.3 is 14.2 Å². The zero-order valence-electron chi connectivity index (χ0n) is 19.3. The minimum atomic E-state index is -4.51. The maximum Gasteiger partial charge on any atom is 0.416 e. The summed E-state index contributed by atoms with van der Waals surface area (Å²) in [5, 5.41) is 0. The minimum Gasteiger partial charge on any atom is -0.438 e. The zero-order chi connectivity index (χ0) is 24.7. The van der Waals surface area contributed by atoms with Crippen molar-refractivity contribution in [1.82, 2.24) is 9.88 Å². The third-order valence-corrected chi connectivity index (χ3v) is 6.36. The van der Waals surface area contributed by atoms with E-state index in [9.17, 15) is 18.0 Å². The minimum absolute atomic E-state index is 0.00583. The van der Waals surface area contributed by atoms with Gasteiger partial charge >= 0.3 is 6.18 Å². The molecular formula is C27H24F3N3O2. The monoisotopic (exact) mass is 479 g/mol. The molecule has 5 rings (SSSR count). The van der Waals surface area contributed by atoms with Crippen LogP contribution in [-0.2, 0) is 6.18 Å². The van der Waals surface area contributed by atoms with Crippen LogP contribution in [0.1, 0.15) is 40.7 Å². The van der Waals surface area contributed by atoms with E-state index >= 15 is 0 Å². The topological polar surface area (TPSA) is 49.6 Å². The van der Waals surface area contributed by atoms with Crippen molar-refractivity contribution in [3.05, 3.63) is 83.7 Å². The molecule has 1 amide bonds. The Morgan fingerprint density at radius 2 is 1.77 bits per heavy atom. The average Bonchev–Trinajstić information content (AvgIpc) is 3.49. The van der Waals surface area contributed by atoms with Crippen LogP contribution in [-0.4, -0.2) is 36.4 Å². The molecule has 0 saturated carbocycles. The number of nitrogens with zero attached hydrogens (tertiary/aromatic N) is 3. The molecule has 2 heterocycles. The molecule has 35 heavy (non-hydrogen) atoms. The van der Waals surface area contributed by atoms with Gasteiger partial charge in [-0.15, -0.1) is 0 Å². The molecule has 0 aliphatic carbocycles. The molecule has 4 aromatic rings. The summed E-state index contributed by atoms with van der Waals surface area (Å²) in [5.74, 6) is -0.0551. The van der Waals surface area contributed by atoms with E-state index in [1.165, 1.54) is 12.1 Å². The van der Waals surface area contributed by atoms with Crippen molar-refractivity contribution in [3.63, 3.8) is 0 Å². The van der Waals surface area contributed by atoms with Crippen molar-refractivity contribution in [2.24, 2.45) is 0 Å². The molecule has 0 spiro atoms. The fraction of sp³-hybridized carbons (Fsp3) is 0.259. The molecule has 1 saturated heterocycles. The molecule has 0 N–H and O–H groups in total. The smallest absolute Gasteiger partial charge is 0.416 e. The summed E-state index contributed by atoms with van der Waals surface area (Å²) in [6.07, 6.45) is -3.15. The van der Waals surface area contributed by atoms with Crippen LogP contribution in [0.5, 0.6) is 0 Å². The summed E-state index contributed by atoms with van der Waals surface area (Å²) in [5.41, 5.74) is 3.58. The van der Waals surface area contributed by atoms with Crippen LogP contribution in [0.2, 0.25) is 0 Å². The average molecular weight is 480 g/mol. The van der Waals surface area contributed by atoms with E-state index in [-0.39, 0.29) is 5.56 Å². The van der Waals surface area contributed by atoms with E-state index in [2.05, 4.69) is 4.98 Å². The Morgan fingerprint density at radius 3 is 2.49 bits per heavy atom. The summed E-state index contributed by atoms with van der Waals surface area (Å²) in [4.78, 5) is 21.4. The molecule has 0 unspecified atom stereocenters. The van der Waals surface area contributed by atoms with Gasteiger partial charge in [0, 0.05) is 31.9 Å². The number of carbonyl (C=O) groups excluding carboxylic acids is 1. The third kappa shape index (κ3) is 4.48. The summed E-state index contributed by atoms with van der Waals surface area (Å²) in [7, 11) is 3.98. The van der Waals surface area contributed by atoms with Crippen molar-refractivity contribution in [2.45, 2.75) is 25.1 Å². The highest BCUT2D eigenvalue weighted by atomic mass is 19.4. The zero-order valence-corrected chi connectivity index (χ0v) is 19.3. The number of benzene rings is 3. The molecule has 0 radical (unpaired) electrons. The lowest BCUT2D eigenvalue weighted by molar-refractivity contribution is -0.137. The first-order valence-electron chi connectivity index (χ1n) is 11.4. The van der Waals surface area contributed by atoms with Gasteiger partial charge in [0.05, 0.1) is 5.56 Å². The second-order valence-corrected chi connectivity index (χ2v) is 8.91. The number of aromatic nitrogens is 1. The molecule has 0 bridgehead atoms. The Labute approximate surface area is 200 Å². The van der Waals surface area contributed by atoms with Gasteiger partial charge in [-0.05, 0) is 66.4 Å². The highest BCUT2D eigenvalue weighted by molar-refractivity contribution is 5.95. The number of likely N-dealkylation sites (tertiary alicyclic amines) is 1. The molecule has 1 aromatic heterocycles. The lowest BCUT2D eigenvalue weighted by Crippen LogP contribution is -2.31. The Bertz CT molecular complexity index is 1380. The van der Waals surface area contributed by atoms with E-state index in [4.69, 9.17) is 4.42 Å². The number of carbonyl (C=O) groups is 1. The summed E-state index contributed by atoms with van der Waals surface area (Å²) in [6, 6.07) is 18.0. The van der Waals surface area contributed by atoms with Crippen molar-refractivity contribution in [2.75, 3.05) is 25.5 Å². The first-order valence-corrected chi connectivity index (χ1v) is 11.4. The van der Waals surface area contributed by atoms with Crippen molar-refractivity contribution in [3.8, 4) is 11.1 Å². The molecule has 3 aromatic carbocycles. The van der Waals surface area contributed by atoms with Gasteiger partial charge in [-0.3, -0.25) is 4.79 Å². The van der Waals surface area contributed by atoms with Crippen LogP contribution in [0.3, 0.4) is 0 Å². The van der Waals surface area contributed by atoms with E-state index in [0.29, 0.717) is 30.0 Å². The van der Waals surface area contributed by atoms with E-state index in [0.717, 1.165) is 35.4 Å². The van der Waals surface area contributed by atoms with Crippen LogP contribution < -0.4 is 4.90 Å². The van der Waals surface area contributed by atoms with E-state index < -0.39 is 23.7 Å². The number of alkyl halides is 3. The van der Waals surface area contributed by atoms with Gasteiger partial charge in [0.2, 0.25) is 5.89 Å². The maximum atomic E-state index is 13.1. The van der Waals surface area contributed by atoms with Crippen LogP contribution in [0.25, 0.3) is 22.2 Å². The number of anilines is 1. The fourth-order valence-corrected chi connectivity index (χ4v) is 4.48. The Hall–Kier alpha value is -3.81. The Balaban J connectivity index is 1.42. The predicted molar refractivity (Wildman–Crippen MR) is 128 cm³/mol. The van der Waals surface area contributed by atoms with Gasteiger partial charge in [-0.1, -0.05) is 24.3 Å². The van der Waals surface area contributed by atoms with Crippen LogP contribution >= 0.6 is 0 Å². The molecule has 1 fully saturated rings. The second kappa shape index (κ2) is 8.76. The molecule has 180 valence electrons. The van der Waals surface area contributed by atoms with E-state index in [1.807, 2.05) is 61.5 Å². The largest absolute Gasteiger partial charge is 0.438 e. The fourth-order valence-electron chi connectivity index (χ4n) is 4.48. The second-order valence-electron chi connectivity index (χ2n) is 8.91. The number of amides is 1. The SMILES string of the molecule is CN(C)c1ccc(-c2ccc3oc([C@@H]4CCCN4C(=O)c4cccc(C(F)(F)F)c4)nc3c2)cc1. The molecule has 1 aliphatic heterocycles. The lowest BCUT2D eigenvalue weighted by atomic mass is 10.0. The van der Waals surface area contributed by atoms with Crippen molar-refractivity contribution >= 4 is 22.7 Å². The first-order chi connectivity index (χ1) is 16.7. The Kier molecular flexibility index (Phi) is 5.75. The molecule has 1 aliphatic rings. The molecular weight excluding hydrogens is 455 g/mol. The maximum absolute atomic E-state index is 13.1. The van der Waals surface area contributed by atoms with Crippen LogP contribution in [0, 0.1) is 0 Å². The van der Waals surface area contributed by atoms with Crippen molar-refractivity contribution < 1.29 is 22.4 Å². The quantitative estimate of drug-likeness (QED) is 0.333. The van der Waals surface area contributed by atoms with Gasteiger partial charge in [-0.25, -0.2) is 4.98 Å². The standard InChI is InChI=1S/C27H24F3N3O2/c1-32(2)21-11-8-17(9-12-21)18-10-13-24-22(16-18)31-25(35-24)23-7-4-14-33(23)26(34)19-5-3-6-20(15-19)27(28,29)30/h3,5-6,8-13,15-16,23H,4,7,14H2,1-2H3/t23-/m0/s1.